The first-order valence-electron chi connectivity index (χ1n) is 6.78. The molecule has 0 fully saturated rings. The normalized spacial score (nSPS) is 11.8. The summed E-state index contributed by atoms with van der Waals surface area (Å²) in [5, 5.41) is 5.02. The Morgan fingerprint density at radius 2 is 2.05 bits per heavy atom. The molecule has 3 heteroatoms. The smallest absolute Gasteiger partial charge is 0.261 e. The molecule has 0 saturated heterocycles. The zero-order valence-electron chi connectivity index (χ0n) is 11.6. The van der Waals surface area contributed by atoms with Gasteiger partial charge in [0.1, 0.15) is 5.75 Å². The van der Waals surface area contributed by atoms with Crippen LogP contribution in [-0.4, -0.2) is 18.6 Å². The van der Waals surface area contributed by atoms with Crippen LogP contribution in [0.2, 0.25) is 0 Å². The van der Waals surface area contributed by atoms with Crippen molar-refractivity contribution in [3.8, 4) is 5.75 Å². The molecule has 0 spiro atoms. The molecule has 2 rings (SSSR count). The number of carbonyl (C=O) groups excluding carboxylic acids is 1. The lowest BCUT2D eigenvalue weighted by atomic mass is 10.1. The minimum atomic E-state index is -0.476. The quantitative estimate of drug-likeness (QED) is 0.817. The number of fused-ring (bicyclic) bond motifs is 1. The van der Waals surface area contributed by atoms with Gasteiger partial charge in [0.15, 0.2) is 6.10 Å². The van der Waals surface area contributed by atoms with Crippen molar-refractivity contribution in [1.29, 1.82) is 0 Å². The summed E-state index contributed by atoms with van der Waals surface area (Å²) in [7, 11) is 0. The molecule has 0 heterocycles. The molecule has 0 aliphatic rings. The van der Waals surface area contributed by atoms with Gasteiger partial charge in [-0.05, 0) is 29.3 Å². The number of nitrogens with one attached hydrogen (secondary N) is 1. The number of hydrogen-bond donors (Lipinski definition) is 1. The molecule has 20 heavy (non-hydrogen) atoms. The van der Waals surface area contributed by atoms with Crippen molar-refractivity contribution < 1.29 is 9.53 Å². The molecule has 2 aromatic rings. The molecule has 1 N–H and O–H groups in total. The van der Waals surface area contributed by atoms with E-state index in [-0.39, 0.29) is 5.91 Å². The van der Waals surface area contributed by atoms with E-state index in [1.54, 1.807) is 6.08 Å². The third-order valence-corrected chi connectivity index (χ3v) is 3.08. The molecule has 2 aromatic carbocycles. The van der Waals surface area contributed by atoms with Crippen molar-refractivity contribution in [2.24, 2.45) is 0 Å². The van der Waals surface area contributed by atoms with Gasteiger partial charge in [-0.15, -0.1) is 6.58 Å². The number of carbonyl (C=O) groups is 1. The fourth-order valence-corrected chi connectivity index (χ4v) is 2.01. The average molecular weight is 269 g/mol. The van der Waals surface area contributed by atoms with Gasteiger partial charge in [0, 0.05) is 6.54 Å². The van der Waals surface area contributed by atoms with Gasteiger partial charge in [0.2, 0.25) is 0 Å². The van der Waals surface area contributed by atoms with Crippen LogP contribution in [0.5, 0.6) is 5.75 Å². The first kappa shape index (κ1) is 14.1. The summed E-state index contributed by atoms with van der Waals surface area (Å²) in [5.74, 6) is 0.602. The molecular weight excluding hydrogens is 250 g/mol. The second-order valence-corrected chi connectivity index (χ2v) is 4.56. The van der Waals surface area contributed by atoms with Gasteiger partial charge in [0.25, 0.3) is 5.91 Å². The highest BCUT2D eigenvalue weighted by Gasteiger charge is 2.17. The Hall–Kier alpha value is -2.29. The highest BCUT2D eigenvalue weighted by molar-refractivity contribution is 5.84. The van der Waals surface area contributed by atoms with E-state index >= 15 is 0 Å². The number of benzene rings is 2. The Kier molecular flexibility index (Phi) is 4.77. The van der Waals surface area contributed by atoms with E-state index in [9.17, 15) is 4.79 Å². The third kappa shape index (κ3) is 3.38. The lowest BCUT2D eigenvalue weighted by molar-refractivity contribution is -0.127. The predicted octanol–water partition coefficient (Wildman–Crippen LogP) is 3.30. The highest BCUT2D eigenvalue weighted by Crippen LogP contribution is 2.21. The maximum atomic E-state index is 11.9. The minimum absolute atomic E-state index is 0.111. The second kappa shape index (κ2) is 6.75. The first-order chi connectivity index (χ1) is 9.74. The summed E-state index contributed by atoms with van der Waals surface area (Å²) in [6.07, 6.45) is 1.80. The van der Waals surface area contributed by atoms with Crippen molar-refractivity contribution in [2.45, 2.75) is 19.4 Å². The molecule has 0 unspecified atom stereocenters. The molecule has 0 aromatic heterocycles. The van der Waals surface area contributed by atoms with Crippen LogP contribution in [-0.2, 0) is 4.79 Å². The first-order valence-corrected chi connectivity index (χ1v) is 6.78. The highest BCUT2D eigenvalue weighted by atomic mass is 16.5. The SMILES string of the molecule is C=CCNC(=O)[C@H](CC)Oc1ccc2ccccc2c1. The molecule has 1 atom stereocenters. The maximum Gasteiger partial charge on any atom is 0.261 e. The minimum Gasteiger partial charge on any atom is -0.481 e. The zero-order valence-corrected chi connectivity index (χ0v) is 11.6. The van der Waals surface area contributed by atoms with Crippen molar-refractivity contribution in [1.82, 2.24) is 5.32 Å². The standard InChI is InChI=1S/C17H19NO2/c1-3-11-18-17(19)16(4-2)20-15-10-9-13-7-5-6-8-14(13)12-15/h3,5-10,12,16H,1,4,11H2,2H3,(H,18,19)/t16-/m0/s1. The van der Waals surface area contributed by atoms with Crippen molar-refractivity contribution in [2.75, 3.05) is 6.54 Å². The van der Waals surface area contributed by atoms with Crippen LogP contribution in [0.4, 0.5) is 0 Å². The van der Waals surface area contributed by atoms with E-state index in [1.807, 2.05) is 49.4 Å². The number of hydrogen-bond acceptors (Lipinski definition) is 2. The van der Waals surface area contributed by atoms with E-state index < -0.39 is 6.10 Å². The van der Waals surface area contributed by atoms with Crippen LogP contribution < -0.4 is 10.1 Å². The summed E-state index contributed by atoms with van der Waals surface area (Å²) < 4.78 is 5.78. The molecule has 1 amide bonds. The van der Waals surface area contributed by atoms with Gasteiger partial charge < -0.3 is 10.1 Å². The Labute approximate surface area is 119 Å². The van der Waals surface area contributed by atoms with Crippen LogP contribution in [0.1, 0.15) is 13.3 Å². The van der Waals surface area contributed by atoms with Gasteiger partial charge in [-0.25, -0.2) is 0 Å². The summed E-state index contributed by atoms with van der Waals surface area (Å²) in [4.78, 5) is 11.9. The summed E-state index contributed by atoms with van der Waals surface area (Å²) in [6, 6.07) is 13.9. The Balaban J connectivity index is 2.12. The van der Waals surface area contributed by atoms with Crippen molar-refractivity contribution >= 4 is 16.7 Å². The predicted molar refractivity (Wildman–Crippen MR) is 81.9 cm³/mol. The zero-order chi connectivity index (χ0) is 14.4. The van der Waals surface area contributed by atoms with Gasteiger partial charge in [-0.1, -0.05) is 43.3 Å². The monoisotopic (exact) mass is 269 g/mol. The van der Waals surface area contributed by atoms with Gasteiger partial charge in [-0.3, -0.25) is 4.79 Å². The van der Waals surface area contributed by atoms with E-state index in [2.05, 4.69) is 11.9 Å². The lowest BCUT2D eigenvalue weighted by Crippen LogP contribution is -2.37. The number of rotatable bonds is 6. The Bertz CT molecular complexity index is 607. The molecule has 104 valence electrons. The molecule has 0 bridgehead atoms. The fourth-order valence-electron chi connectivity index (χ4n) is 2.01. The maximum absolute atomic E-state index is 11.9. The second-order valence-electron chi connectivity index (χ2n) is 4.56. The summed E-state index contributed by atoms with van der Waals surface area (Å²) >= 11 is 0. The largest absolute Gasteiger partial charge is 0.481 e. The van der Waals surface area contributed by atoms with Crippen molar-refractivity contribution in [3.05, 3.63) is 55.1 Å². The summed E-state index contributed by atoms with van der Waals surface area (Å²) in [5.41, 5.74) is 0. The average Bonchev–Trinajstić information content (AvgIpc) is 2.50. The number of ether oxygens (including phenoxy) is 1. The van der Waals surface area contributed by atoms with Crippen LogP contribution in [0.3, 0.4) is 0 Å². The van der Waals surface area contributed by atoms with Crippen LogP contribution in [0, 0.1) is 0 Å². The van der Waals surface area contributed by atoms with Gasteiger partial charge in [-0.2, -0.15) is 0 Å². The topological polar surface area (TPSA) is 38.3 Å². The number of amides is 1. The molecule has 0 radical (unpaired) electrons. The molecular formula is C17H19NO2. The molecule has 0 aliphatic heterocycles. The summed E-state index contributed by atoms with van der Waals surface area (Å²) in [6.45, 7) is 5.96. The van der Waals surface area contributed by atoms with E-state index in [0.717, 1.165) is 10.8 Å². The Morgan fingerprint density at radius 3 is 2.75 bits per heavy atom. The van der Waals surface area contributed by atoms with Crippen molar-refractivity contribution in [3.63, 3.8) is 0 Å². The van der Waals surface area contributed by atoms with Crippen LogP contribution in [0.15, 0.2) is 55.1 Å². The van der Waals surface area contributed by atoms with E-state index in [1.165, 1.54) is 0 Å². The molecule has 0 aliphatic carbocycles. The molecule has 3 nitrogen and oxygen atoms in total. The van der Waals surface area contributed by atoms with E-state index in [4.69, 9.17) is 4.74 Å². The van der Waals surface area contributed by atoms with Gasteiger partial charge >= 0.3 is 0 Å². The third-order valence-electron chi connectivity index (χ3n) is 3.08. The molecule has 0 saturated carbocycles. The van der Waals surface area contributed by atoms with Crippen LogP contribution >= 0.6 is 0 Å². The van der Waals surface area contributed by atoms with Gasteiger partial charge in [0.05, 0.1) is 0 Å². The Morgan fingerprint density at radius 1 is 1.30 bits per heavy atom. The fraction of sp³-hybridized carbons (Fsp3) is 0.235. The van der Waals surface area contributed by atoms with Crippen LogP contribution in [0.25, 0.3) is 10.8 Å². The van der Waals surface area contributed by atoms with E-state index in [0.29, 0.717) is 18.7 Å². The lowest BCUT2D eigenvalue weighted by Gasteiger charge is -2.17.